The van der Waals surface area contributed by atoms with Crippen LogP contribution in [0.2, 0.25) is 0 Å². The Labute approximate surface area is 102 Å². The quantitative estimate of drug-likeness (QED) is 0.182. The number of nitrogen functional groups attached to an aromatic ring is 1. The van der Waals surface area contributed by atoms with E-state index in [-0.39, 0.29) is 18.9 Å². The summed E-state index contributed by atoms with van der Waals surface area (Å²) in [6, 6.07) is 1.67. The minimum atomic E-state index is -5.05. The van der Waals surface area contributed by atoms with E-state index in [1.807, 2.05) is 0 Å². The summed E-state index contributed by atoms with van der Waals surface area (Å²) in [6.45, 7) is 0. The third-order valence-electron chi connectivity index (χ3n) is 1.59. The molecule has 0 aromatic heterocycles. The summed E-state index contributed by atoms with van der Waals surface area (Å²) in [5.41, 5.74) is 3.69. The summed E-state index contributed by atoms with van der Waals surface area (Å²) in [6.07, 6.45) is 0. The molecule has 0 bridgehead atoms. The van der Waals surface area contributed by atoms with Crippen LogP contribution in [0.15, 0.2) is 17.0 Å². The smallest absolute Gasteiger partial charge is 0.744 e. The summed E-state index contributed by atoms with van der Waals surface area (Å²) in [5.74, 6) is -1.24. The number of nitrogens with zero attached hydrogens (tertiary/aromatic N) is 1. The zero-order chi connectivity index (χ0) is 11.8. The molecule has 0 atom stereocenters. The second kappa shape index (κ2) is 4.71. The van der Waals surface area contributed by atoms with Gasteiger partial charge in [-0.15, -0.1) is 0 Å². The first-order valence-corrected chi connectivity index (χ1v) is 4.87. The van der Waals surface area contributed by atoms with Crippen LogP contribution in [0, 0.1) is 10.1 Å². The Bertz CT molecular complexity index is 528. The monoisotopic (exact) mass is 240 g/mol. The molecular weight excluding hydrogens is 235 g/mol. The summed E-state index contributed by atoms with van der Waals surface area (Å²) >= 11 is 0. The van der Waals surface area contributed by atoms with Gasteiger partial charge in [0.1, 0.15) is 15.0 Å². The molecule has 82 valence electrons. The number of aromatic hydroxyl groups is 1. The van der Waals surface area contributed by atoms with E-state index in [4.69, 9.17) is 5.73 Å². The topological polar surface area (TPSA) is 147 Å². The standard InChI is InChI=1S/C6H6N2O6S.Li/c7-3-1-2-4(8(10)11)5(9)6(3)15(12,13)14;/h1-2,9H,7H2,(H,12,13,14);/q;+1/p-1. The fraction of sp³-hybridized carbons (Fsp3) is 0. The van der Waals surface area contributed by atoms with Crippen LogP contribution < -0.4 is 24.6 Å². The maximum absolute atomic E-state index is 10.6. The Morgan fingerprint density at radius 3 is 2.25 bits per heavy atom. The second-order valence-electron chi connectivity index (χ2n) is 2.56. The SMILES string of the molecule is Nc1ccc([N+](=O)[O-])c(O)c1S(=O)(=O)[O-].[Li+]. The molecule has 3 N–H and O–H groups in total. The number of benzene rings is 1. The summed E-state index contributed by atoms with van der Waals surface area (Å²) in [5, 5.41) is 19.5. The van der Waals surface area contributed by atoms with Crippen LogP contribution in [-0.4, -0.2) is 23.0 Å². The van der Waals surface area contributed by atoms with Crippen LogP contribution in [0.1, 0.15) is 0 Å². The van der Waals surface area contributed by atoms with Gasteiger partial charge in [-0.05, 0) is 6.07 Å². The number of rotatable bonds is 2. The third-order valence-corrected chi connectivity index (χ3v) is 2.52. The van der Waals surface area contributed by atoms with Gasteiger partial charge in [0.2, 0.25) is 5.75 Å². The van der Waals surface area contributed by atoms with Gasteiger partial charge in [0.05, 0.1) is 10.6 Å². The van der Waals surface area contributed by atoms with Crippen LogP contribution in [0.25, 0.3) is 0 Å². The van der Waals surface area contributed by atoms with Crippen molar-refractivity contribution in [1.29, 1.82) is 0 Å². The molecule has 0 aliphatic heterocycles. The van der Waals surface area contributed by atoms with Crippen LogP contribution in [0.4, 0.5) is 11.4 Å². The Morgan fingerprint density at radius 2 is 1.88 bits per heavy atom. The van der Waals surface area contributed by atoms with E-state index in [9.17, 15) is 28.2 Å². The first kappa shape index (κ1) is 14.7. The first-order valence-electron chi connectivity index (χ1n) is 3.47. The minimum Gasteiger partial charge on any atom is -0.744 e. The summed E-state index contributed by atoms with van der Waals surface area (Å²) in [4.78, 5) is 8.13. The van der Waals surface area contributed by atoms with Gasteiger partial charge in [-0.3, -0.25) is 10.1 Å². The number of nitrogens with two attached hydrogens (primary N) is 1. The zero-order valence-electron chi connectivity index (χ0n) is 8.08. The summed E-state index contributed by atoms with van der Waals surface area (Å²) < 4.78 is 31.9. The molecule has 10 heteroatoms. The van der Waals surface area contributed by atoms with Crippen molar-refractivity contribution in [2.45, 2.75) is 4.90 Å². The van der Waals surface area contributed by atoms with Gasteiger partial charge in [-0.2, -0.15) is 0 Å². The Morgan fingerprint density at radius 1 is 1.38 bits per heavy atom. The van der Waals surface area contributed by atoms with Crippen LogP contribution in [0.3, 0.4) is 0 Å². The summed E-state index contributed by atoms with van der Waals surface area (Å²) in [7, 11) is -5.05. The van der Waals surface area contributed by atoms with E-state index in [1.165, 1.54) is 0 Å². The van der Waals surface area contributed by atoms with Crippen molar-refractivity contribution in [1.82, 2.24) is 0 Å². The van der Waals surface area contributed by atoms with Crippen molar-refractivity contribution in [3.05, 3.63) is 22.2 Å². The molecule has 0 fully saturated rings. The molecule has 0 aliphatic carbocycles. The van der Waals surface area contributed by atoms with Gasteiger partial charge >= 0.3 is 24.5 Å². The number of nitro benzene ring substituents is 1. The van der Waals surface area contributed by atoms with E-state index < -0.39 is 37.1 Å². The third kappa shape index (κ3) is 2.64. The van der Waals surface area contributed by atoms with E-state index >= 15 is 0 Å². The molecule has 8 nitrogen and oxygen atoms in total. The molecule has 0 spiro atoms. The van der Waals surface area contributed by atoms with Crippen LogP contribution >= 0.6 is 0 Å². The molecule has 16 heavy (non-hydrogen) atoms. The fourth-order valence-corrected chi connectivity index (χ4v) is 1.68. The van der Waals surface area contributed by atoms with Gasteiger partial charge in [0.25, 0.3) is 0 Å². The van der Waals surface area contributed by atoms with Crippen molar-refractivity contribution in [3.63, 3.8) is 0 Å². The molecule has 0 amide bonds. The van der Waals surface area contributed by atoms with Gasteiger partial charge in [0.15, 0.2) is 0 Å². The first-order chi connectivity index (χ1) is 6.75. The predicted molar refractivity (Wildman–Crippen MR) is 47.1 cm³/mol. The molecule has 0 radical (unpaired) electrons. The van der Waals surface area contributed by atoms with Crippen molar-refractivity contribution in [2.75, 3.05) is 5.73 Å². The molecule has 0 unspecified atom stereocenters. The number of phenolic OH excluding ortho intramolecular Hbond substituents is 1. The Kier molecular flexibility index (Phi) is 4.34. The van der Waals surface area contributed by atoms with Gasteiger partial charge in [-0.1, -0.05) is 0 Å². The average molecular weight is 240 g/mol. The van der Waals surface area contributed by atoms with E-state index in [0.717, 1.165) is 12.1 Å². The van der Waals surface area contributed by atoms with Crippen LogP contribution in [0.5, 0.6) is 5.75 Å². The molecule has 1 aromatic carbocycles. The maximum Gasteiger partial charge on any atom is 1.00 e. The number of anilines is 1. The van der Waals surface area contributed by atoms with Crippen molar-refractivity contribution in [2.24, 2.45) is 0 Å². The largest absolute Gasteiger partial charge is 1.00 e. The van der Waals surface area contributed by atoms with E-state index in [2.05, 4.69) is 0 Å². The molecule has 0 saturated carbocycles. The van der Waals surface area contributed by atoms with Gasteiger partial charge in [-0.25, -0.2) is 8.42 Å². The van der Waals surface area contributed by atoms with E-state index in [1.54, 1.807) is 0 Å². The van der Waals surface area contributed by atoms with Gasteiger partial charge in [0, 0.05) is 6.07 Å². The van der Waals surface area contributed by atoms with Crippen LogP contribution in [-0.2, 0) is 10.1 Å². The van der Waals surface area contributed by atoms with Crippen molar-refractivity contribution < 1.29 is 41.9 Å². The zero-order valence-corrected chi connectivity index (χ0v) is 8.89. The Balaban J connectivity index is 0.00000225. The van der Waals surface area contributed by atoms with Crippen molar-refractivity contribution in [3.8, 4) is 5.75 Å². The molecule has 0 saturated heterocycles. The fourth-order valence-electron chi connectivity index (χ4n) is 0.986. The second-order valence-corrected chi connectivity index (χ2v) is 3.88. The number of nitro groups is 1. The van der Waals surface area contributed by atoms with Crippen molar-refractivity contribution >= 4 is 21.5 Å². The van der Waals surface area contributed by atoms with E-state index in [0.29, 0.717) is 0 Å². The predicted octanol–water partition coefficient (Wildman–Crippen LogP) is -3.21. The average Bonchev–Trinajstić information content (AvgIpc) is 2.00. The number of hydrogen-bond donors (Lipinski definition) is 2. The molecule has 1 aromatic rings. The Hall–Kier alpha value is -1.27. The molecule has 0 aliphatic rings. The maximum atomic E-state index is 10.6. The number of hydrogen-bond acceptors (Lipinski definition) is 7. The number of phenols is 1. The normalized spacial score (nSPS) is 10.6. The molecular formula is C6H5LiN2O6S. The minimum absolute atomic E-state index is 0. The van der Waals surface area contributed by atoms with Gasteiger partial charge < -0.3 is 15.4 Å². The molecule has 1 rings (SSSR count). The molecule has 0 heterocycles.